The van der Waals surface area contributed by atoms with Crippen molar-refractivity contribution in [2.45, 2.75) is 0 Å². The Kier molecular flexibility index (Phi) is 3.06. The second-order valence-electron chi connectivity index (χ2n) is 1.70. The minimum absolute atomic E-state index is 0.596. The van der Waals surface area contributed by atoms with Crippen LogP contribution >= 0.6 is 12.6 Å². The molecule has 0 aromatic heterocycles. The molecule has 1 aromatic rings. The van der Waals surface area contributed by atoms with Crippen molar-refractivity contribution < 1.29 is 21.7 Å². The second-order valence-corrected chi connectivity index (χ2v) is 3.30. The minimum atomic E-state index is 0.596. The molecule has 0 aliphatic rings. The van der Waals surface area contributed by atoms with Crippen LogP contribution in [0, 0.1) is 0 Å². The van der Waals surface area contributed by atoms with E-state index in [9.17, 15) is 0 Å². The fourth-order valence-corrected chi connectivity index (χ4v) is 0.864. The summed E-state index contributed by atoms with van der Waals surface area (Å²) in [6.45, 7) is 0. The van der Waals surface area contributed by atoms with Gasteiger partial charge in [-0.15, -0.1) is 0 Å². The Morgan fingerprint density at radius 2 is 1.90 bits per heavy atom. The van der Waals surface area contributed by atoms with Crippen LogP contribution < -0.4 is 4.74 Å². The van der Waals surface area contributed by atoms with Gasteiger partial charge in [-0.1, -0.05) is 0 Å². The van der Waals surface area contributed by atoms with Gasteiger partial charge in [0.1, 0.15) is 0 Å². The third-order valence-electron chi connectivity index (χ3n) is 0.952. The topological polar surface area (TPSA) is 9.23 Å². The first-order chi connectivity index (χ1) is 4.79. The summed E-state index contributed by atoms with van der Waals surface area (Å²) in [5.74, 6) is 0.813. The van der Waals surface area contributed by atoms with E-state index in [1.807, 2.05) is 30.3 Å². The summed E-state index contributed by atoms with van der Waals surface area (Å²) < 4.78 is 5.76. The van der Waals surface area contributed by atoms with E-state index in [0.717, 1.165) is 5.75 Å². The van der Waals surface area contributed by atoms with Crippen LogP contribution in [0.25, 0.3) is 0 Å². The van der Waals surface area contributed by atoms with E-state index >= 15 is 0 Å². The number of ether oxygens (including phenoxy) is 1. The molecule has 0 N–H and O–H groups in total. The first-order valence-corrected chi connectivity index (χ1v) is 3.91. The van der Waals surface area contributed by atoms with Crippen LogP contribution in [0.2, 0.25) is 0 Å². The van der Waals surface area contributed by atoms with Gasteiger partial charge in [-0.05, 0) is 0 Å². The van der Waals surface area contributed by atoms with Crippen LogP contribution in [0.15, 0.2) is 30.3 Å². The summed E-state index contributed by atoms with van der Waals surface area (Å²) in [5.41, 5.74) is 0. The van der Waals surface area contributed by atoms with Crippen LogP contribution in [-0.2, 0) is 17.0 Å². The molecule has 1 nitrogen and oxygen atoms in total. The molecule has 1 rings (SSSR count). The average Bonchev–Trinajstić information content (AvgIpc) is 1.88. The number of benzene rings is 1. The van der Waals surface area contributed by atoms with Gasteiger partial charge in [0.25, 0.3) is 0 Å². The van der Waals surface area contributed by atoms with Crippen LogP contribution in [-0.4, -0.2) is 3.74 Å². The van der Waals surface area contributed by atoms with Gasteiger partial charge in [0.15, 0.2) is 0 Å². The van der Waals surface area contributed by atoms with Gasteiger partial charge in [-0.25, -0.2) is 0 Å². The van der Waals surface area contributed by atoms with Crippen molar-refractivity contribution in [2.24, 2.45) is 0 Å². The first kappa shape index (κ1) is 7.93. The molecular weight excluding hydrogens is 183 g/mol. The van der Waals surface area contributed by atoms with E-state index in [4.69, 9.17) is 4.74 Å². The van der Waals surface area contributed by atoms with E-state index in [1.54, 1.807) is 0 Å². The molecule has 0 unspecified atom stereocenters. The summed E-state index contributed by atoms with van der Waals surface area (Å²) >= 11 is 6.20. The van der Waals surface area contributed by atoms with E-state index in [2.05, 4.69) is 29.6 Å². The van der Waals surface area contributed by atoms with Crippen molar-refractivity contribution >= 4 is 16.4 Å². The van der Waals surface area contributed by atoms with Gasteiger partial charge in [-0.2, -0.15) is 0 Å². The van der Waals surface area contributed by atoms with Crippen LogP contribution in [0.4, 0.5) is 0 Å². The van der Waals surface area contributed by atoms with Crippen LogP contribution in [0.3, 0.4) is 0 Å². The zero-order valence-electron chi connectivity index (χ0n) is 5.19. The Morgan fingerprint density at radius 3 is 2.40 bits per heavy atom. The summed E-state index contributed by atoms with van der Waals surface area (Å²) in [7, 11) is 0. The Balaban J connectivity index is 2.67. The van der Waals surface area contributed by atoms with E-state index in [1.165, 1.54) is 0 Å². The maximum absolute atomic E-state index is 5.17. The number of hydrogen-bond acceptors (Lipinski definition) is 2. The molecule has 0 bridgehead atoms. The molecule has 0 aliphatic carbocycles. The molecule has 0 aliphatic heterocycles. The molecule has 3 heteroatoms. The predicted octanol–water partition coefficient (Wildman–Crippen LogP) is 1.63. The van der Waals surface area contributed by atoms with Crippen molar-refractivity contribution in [3.05, 3.63) is 30.3 Å². The van der Waals surface area contributed by atoms with E-state index < -0.39 is 0 Å². The molecule has 1 aromatic carbocycles. The second kappa shape index (κ2) is 3.86. The van der Waals surface area contributed by atoms with Gasteiger partial charge in [-0.3, -0.25) is 0 Å². The summed E-state index contributed by atoms with van der Waals surface area (Å²) in [6.07, 6.45) is 0. The number of thiol groups is 1. The molecule has 10 heavy (non-hydrogen) atoms. The zero-order valence-corrected chi connectivity index (χ0v) is 7.48. The zero-order chi connectivity index (χ0) is 7.40. The van der Waals surface area contributed by atoms with Gasteiger partial charge in [0.05, 0.1) is 0 Å². The normalized spacial score (nSPS) is 8.80. The fraction of sp³-hybridized carbons (Fsp3) is 0. The van der Waals surface area contributed by atoms with Gasteiger partial charge in [0.2, 0.25) is 0 Å². The van der Waals surface area contributed by atoms with Crippen molar-refractivity contribution in [1.82, 2.24) is 0 Å². The Hall–Kier alpha value is -0.176. The first-order valence-electron chi connectivity index (χ1n) is 2.77. The van der Waals surface area contributed by atoms with E-state index in [-0.39, 0.29) is 0 Å². The summed E-state index contributed by atoms with van der Waals surface area (Å²) in [6, 6.07) is 9.53. The molecule has 0 atom stereocenters. The third kappa shape index (κ3) is 2.61. The monoisotopic (exact) mass is 189 g/mol. The molecule has 0 radical (unpaired) electrons. The number of para-hydroxylation sites is 1. The standard InChI is InChI=1S/C7H6OS.V/c9-6-8-7-4-2-1-3-5-7;/h1-5,9H;. The van der Waals surface area contributed by atoms with Gasteiger partial charge < -0.3 is 0 Å². The molecule has 0 saturated heterocycles. The molecule has 0 spiro atoms. The average molecular weight is 189 g/mol. The fourth-order valence-electron chi connectivity index (χ4n) is 0.594. The summed E-state index contributed by atoms with van der Waals surface area (Å²) in [4.78, 5) is 0. The maximum atomic E-state index is 5.17. The SMILES string of the molecule is S[C](=[V])Oc1ccccc1. The van der Waals surface area contributed by atoms with E-state index in [0.29, 0.717) is 3.74 Å². The number of hydrogen-bond donors (Lipinski definition) is 1. The summed E-state index contributed by atoms with van der Waals surface area (Å²) in [5, 5.41) is 0. The molecule has 0 amide bonds. The Morgan fingerprint density at radius 1 is 1.30 bits per heavy atom. The molecular formula is C7H6OSV. The Labute approximate surface area is 74.3 Å². The molecule has 0 heterocycles. The number of rotatable bonds is 2. The molecule has 0 fully saturated rings. The van der Waals surface area contributed by atoms with Crippen molar-refractivity contribution in [1.29, 1.82) is 0 Å². The third-order valence-corrected chi connectivity index (χ3v) is 1.19. The molecule has 0 saturated carbocycles. The van der Waals surface area contributed by atoms with Crippen molar-refractivity contribution in [3.8, 4) is 5.75 Å². The van der Waals surface area contributed by atoms with Crippen LogP contribution in [0.5, 0.6) is 5.75 Å². The van der Waals surface area contributed by atoms with Crippen LogP contribution in [0.1, 0.15) is 0 Å². The van der Waals surface area contributed by atoms with Gasteiger partial charge >= 0.3 is 74.2 Å². The predicted molar refractivity (Wildman–Crippen MR) is 41.1 cm³/mol. The van der Waals surface area contributed by atoms with Gasteiger partial charge in [0, 0.05) is 0 Å². The van der Waals surface area contributed by atoms with Crippen molar-refractivity contribution in [3.63, 3.8) is 0 Å². The van der Waals surface area contributed by atoms with Crippen molar-refractivity contribution in [2.75, 3.05) is 0 Å². The molecule has 51 valence electrons. The Bertz CT molecular complexity index is 222. The quantitative estimate of drug-likeness (QED) is 0.695.